The minimum Gasteiger partial charge on any atom is -0.345 e. The van der Waals surface area contributed by atoms with Crippen molar-refractivity contribution in [3.8, 4) is 0 Å². The number of aromatic nitrogens is 3. The van der Waals surface area contributed by atoms with Crippen LogP contribution in [0.3, 0.4) is 0 Å². The van der Waals surface area contributed by atoms with E-state index in [9.17, 15) is 22.0 Å². The summed E-state index contributed by atoms with van der Waals surface area (Å²) in [6.07, 6.45) is 5.44. The highest BCUT2D eigenvalue weighted by Gasteiger charge is 2.35. The number of sulfone groups is 1. The monoisotopic (exact) mass is 476 g/mol. The number of rotatable bonds is 6. The summed E-state index contributed by atoms with van der Waals surface area (Å²) in [6.45, 7) is 3.28. The normalized spacial score (nSPS) is 17.7. The highest BCUT2D eigenvalue weighted by atomic mass is 32.2. The molecule has 0 radical (unpaired) electrons. The van der Waals surface area contributed by atoms with E-state index in [2.05, 4.69) is 15.3 Å². The van der Waals surface area contributed by atoms with E-state index in [4.69, 9.17) is 0 Å². The van der Waals surface area contributed by atoms with Crippen LogP contribution in [0.25, 0.3) is 5.65 Å². The van der Waals surface area contributed by atoms with Gasteiger partial charge in [-0.15, -0.1) is 0 Å². The van der Waals surface area contributed by atoms with Gasteiger partial charge in [0.15, 0.2) is 0 Å². The summed E-state index contributed by atoms with van der Waals surface area (Å²) in [4.78, 5) is 21.3. The first kappa shape index (κ1) is 23.3. The van der Waals surface area contributed by atoms with Crippen LogP contribution in [0.5, 0.6) is 0 Å². The van der Waals surface area contributed by atoms with Crippen molar-refractivity contribution in [3.63, 3.8) is 0 Å². The lowest BCUT2D eigenvalue weighted by Crippen LogP contribution is -2.51. The zero-order valence-electron chi connectivity index (χ0n) is 18.5. The molecule has 10 heteroatoms. The van der Waals surface area contributed by atoms with Crippen LogP contribution in [-0.4, -0.2) is 45.7 Å². The molecule has 1 fully saturated rings. The summed E-state index contributed by atoms with van der Waals surface area (Å²) in [5.41, 5.74) is 1.12. The van der Waals surface area contributed by atoms with Crippen molar-refractivity contribution in [2.75, 3.05) is 11.5 Å². The number of carbonyl (C=O) groups is 1. The van der Waals surface area contributed by atoms with Crippen LogP contribution >= 0.6 is 0 Å². The number of nitrogens with one attached hydrogen (secondary N) is 1. The molecule has 3 aromatic heterocycles. The molecule has 7 nitrogen and oxygen atoms in total. The predicted molar refractivity (Wildman–Crippen MR) is 120 cm³/mol. The fourth-order valence-electron chi connectivity index (χ4n) is 4.00. The maximum atomic E-state index is 14.3. The summed E-state index contributed by atoms with van der Waals surface area (Å²) in [5.74, 6) is -3.24. The van der Waals surface area contributed by atoms with Gasteiger partial charge in [-0.05, 0) is 43.5 Å². The fourth-order valence-corrected chi connectivity index (χ4v) is 5.73. The molecule has 0 bridgehead atoms. The number of halogens is 2. The van der Waals surface area contributed by atoms with Gasteiger partial charge in [0.2, 0.25) is 0 Å². The average molecular weight is 477 g/mol. The smallest absolute Gasteiger partial charge is 0.274 e. The van der Waals surface area contributed by atoms with Crippen molar-refractivity contribution >= 4 is 21.4 Å². The zero-order valence-corrected chi connectivity index (χ0v) is 19.3. The minimum atomic E-state index is -3.04. The van der Waals surface area contributed by atoms with Gasteiger partial charge in [0.1, 0.15) is 21.2 Å². The molecule has 0 atom stereocenters. The number of pyridine rings is 2. The molecular formula is C23H26F2N4O3S. The Hall–Kier alpha value is -2.88. The Labute approximate surface area is 191 Å². The van der Waals surface area contributed by atoms with Crippen molar-refractivity contribution < 1.29 is 22.0 Å². The lowest BCUT2D eigenvalue weighted by Gasteiger charge is -2.34. The highest BCUT2D eigenvalue weighted by molar-refractivity contribution is 7.91. The Morgan fingerprint density at radius 2 is 1.94 bits per heavy atom. The van der Waals surface area contributed by atoms with Gasteiger partial charge in [0.05, 0.1) is 17.2 Å². The van der Waals surface area contributed by atoms with E-state index in [1.165, 1.54) is 25.3 Å². The van der Waals surface area contributed by atoms with E-state index in [1.807, 2.05) is 6.92 Å². The minimum absolute atomic E-state index is 0.0465. The third-order valence-corrected chi connectivity index (χ3v) is 7.84. The topological polar surface area (TPSA) is 93.4 Å². The molecule has 4 heterocycles. The van der Waals surface area contributed by atoms with Crippen LogP contribution in [0.2, 0.25) is 0 Å². The molecule has 1 aliphatic rings. The van der Waals surface area contributed by atoms with Crippen LogP contribution in [-0.2, 0) is 22.2 Å². The van der Waals surface area contributed by atoms with Gasteiger partial charge in [-0.25, -0.2) is 22.2 Å². The standard InChI is InChI=1S/C23H26F2N4O3S/c1-3-23(24,25)17-5-4-10-26-18(17)13-16-6-7-20-27-19(15-29(20)14-16)21(30)28-22(2)8-11-33(31,32)12-9-22/h4-7,10,14-15H,3,8-9,11-13H2,1-2H3,(H,28,30). The molecule has 3 aromatic rings. The number of imidazole rings is 1. The first-order valence-corrected chi connectivity index (χ1v) is 12.7. The van der Waals surface area contributed by atoms with Gasteiger partial charge < -0.3 is 9.72 Å². The third-order valence-electron chi connectivity index (χ3n) is 6.19. The van der Waals surface area contributed by atoms with Gasteiger partial charge in [0, 0.05) is 42.5 Å². The van der Waals surface area contributed by atoms with E-state index in [1.54, 1.807) is 28.9 Å². The van der Waals surface area contributed by atoms with Crippen molar-refractivity contribution in [1.29, 1.82) is 0 Å². The fraction of sp³-hybridized carbons (Fsp3) is 0.435. The largest absolute Gasteiger partial charge is 0.345 e. The van der Waals surface area contributed by atoms with E-state index in [0.717, 1.165) is 5.56 Å². The molecule has 0 saturated carbocycles. The third kappa shape index (κ3) is 5.05. The maximum Gasteiger partial charge on any atom is 0.274 e. The number of alkyl halides is 2. The Morgan fingerprint density at radius 1 is 1.21 bits per heavy atom. The van der Waals surface area contributed by atoms with Crippen molar-refractivity contribution in [3.05, 3.63) is 65.4 Å². The Bertz CT molecular complexity index is 1290. The number of hydrogen-bond acceptors (Lipinski definition) is 5. The van der Waals surface area contributed by atoms with Crippen LogP contribution in [0.15, 0.2) is 42.9 Å². The second-order valence-electron chi connectivity index (χ2n) is 8.83. The number of nitrogens with zero attached hydrogens (tertiary/aromatic N) is 3. The van der Waals surface area contributed by atoms with Gasteiger partial charge in [-0.3, -0.25) is 9.78 Å². The highest BCUT2D eigenvalue weighted by Crippen LogP contribution is 2.33. The molecule has 0 spiro atoms. The van der Waals surface area contributed by atoms with Crippen molar-refractivity contribution in [1.82, 2.24) is 19.7 Å². The van der Waals surface area contributed by atoms with Crippen LogP contribution in [0, 0.1) is 0 Å². The Balaban J connectivity index is 1.54. The molecule has 1 aliphatic heterocycles. The summed E-state index contributed by atoms with van der Waals surface area (Å²) >= 11 is 0. The lowest BCUT2D eigenvalue weighted by molar-refractivity contribution is -0.00946. The van der Waals surface area contributed by atoms with E-state index in [-0.39, 0.29) is 41.5 Å². The quantitative estimate of drug-likeness (QED) is 0.588. The first-order valence-electron chi connectivity index (χ1n) is 10.8. The molecule has 0 aromatic carbocycles. The number of hydrogen-bond donors (Lipinski definition) is 1. The summed E-state index contributed by atoms with van der Waals surface area (Å²) < 4.78 is 53.7. The average Bonchev–Trinajstić information content (AvgIpc) is 3.20. The SMILES string of the molecule is CCC(F)(F)c1cccnc1Cc1ccc2nc(C(=O)NC3(C)CCS(=O)(=O)CC3)cn2c1. The molecule has 1 amide bonds. The molecular weight excluding hydrogens is 450 g/mol. The number of amides is 1. The maximum absolute atomic E-state index is 14.3. The van der Waals surface area contributed by atoms with Crippen LogP contribution in [0.4, 0.5) is 8.78 Å². The predicted octanol–water partition coefficient (Wildman–Crippen LogP) is 3.52. The summed E-state index contributed by atoms with van der Waals surface area (Å²) in [6, 6.07) is 6.41. The zero-order chi connectivity index (χ0) is 23.9. The van der Waals surface area contributed by atoms with E-state index >= 15 is 0 Å². The Kier molecular flexibility index (Phi) is 5.98. The second-order valence-corrected chi connectivity index (χ2v) is 11.1. The second kappa shape index (κ2) is 8.48. The Morgan fingerprint density at radius 3 is 2.64 bits per heavy atom. The van der Waals surface area contributed by atoms with Gasteiger partial charge in [-0.1, -0.05) is 13.0 Å². The van der Waals surface area contributed by atoms with Crippen molar-refractivity contribution in [2.24, 2.45) is 0 Å². The lowest BCUT2D eigenvalue weighted by atomic mass is 9.95. The van der Waals surface area contributed by atoms with E-state index < -0.39 is 21.3 Å². The number of fused-ring (bicyclic) bond motifs is 1. The molecule has 0 aliphatic carbocycles. The van der Waals surface area contributed by atoms with Crippen LogP contribution < -0.4 is 5.32 Å². The van der Waals surface area contributed by atoms with Gasteiger partial charge >= 0.3 is 0 Å². The molecule has 1 saturated heterocycles. The molecule has 176 valence electrons. The van der Waals surface area contributed by atoms with Crippen molar-refractivity contribution in [2.45, 2.75) is 51.0 Å². The first-order chi connectivity index (χ1) is 15.5. The van der Waals surface area contributed by atoms with Gasteiger partial charge in [-0.2, -0.15) is 0 Å². The molecule has 1 N–H and O–H groups in total. The number of carbonyl (C=O) groups excluding carboxylic acids is 1. The summed E-state index contributed by atoms with van der Waals surface area (Å²) in [7, 11) is -3.04. The summed E-state index contributed by atoms with van der Waals surface area (Å²) in [5, 5.41) is 2.92. The van der Waals surface area contributed by atoms with Gasteiger partial charge in [0.25, 0.3) is 11.8 Å². The molecule has 33 heavy (non-hydrogen) atoms. The molecule has 0 unspecified atom stereocenters. The van der Waals surface area contributed by atoms with E-state index in [0.29, 0.717) is 24.2 Å². The van der Waals surface area contributed by atoms with Crippen LogP contribution in [0.1, 0.15) is 60.4 Å². The molecule has 4 rings (SSSR count).